The van der Waals surface area contributed by atoms with Crippen molar-refractivity contribution in [3.63, 3.8) is 0 Å². The fraction of sp³-hybridized carbons (Fsp3) is 0.423. The summed E-state index contributed by atoms with van der Waals surface area (Å²) in [7, 11) is 1.73. The van der Waals surface area contributed by atoms with Crippen LogP contribution >= 0.6 is 0 Å². The molecule has 2 aromatic carbocycles. The van der Waals surface area contributed by atoms with E-state index in [1.54, 1.807) is 42.3 Å². The lowest BCUT2D eigenvalue weighted by Crippen LogP contribution is -2.39. The molecule has 1 unspecified atom stereocenters. The van der Waals surface area contributed by atoms with E-state index in [0.717, 1.165) is 32.5 Å². The summed E-state index contributed by atoms with van der Waals surface area (Å²) in [5, 5.41) is 0.392. The molecule has 0 saturated carbocycles. The molecule has 3 aromatic rings. The van der Waals surface area contributed by atoms with Crippen molar-refractivity contribution in [3.8, 4) is 0 Å². The van der Waals surface area contributed by atoms with E-state index < -0.39 is 17.1 Å². The van der Waals surface area contributed by atoms with Crippen LogP contribution in [0.3, 0.4) is 0 Å². The van der Waals surface area contributed by atoms with Gasteiger partial charge in [0.25, 0.3) is 11.5 Å². The second-order valence-electron chi connectivity index (χ2n) is 9.52. The number of carbonyl (C=O) groups is 1. The number of hydrogen-bond acceptors (Lipinski definition) is 4. The van der Waals surface area contributed by atoms with E-state index in [-0.39, 0.29) is 24.1 Å². The van der Waals surface area contributed by atoms with E-state index >= 15 is 0 Å². The molecule has 1 aliphatic heterocycles. The van der Waals surface area contributed by atoms with Crippen LogP contribution in [-0.2, 0) is 6.54 Å². The molecule has 7 nitrogen and oxygen atoms in total. The maximum atomic E-state index is 14.7. The number of benzene rings is 2. The van der Waals surface area contributed by atoms with Crippen LogP contribution < -0.4 is 11.2 Å². The third-order valence-corrected chi connectivity index (χ3v) is 6.65. The summed E-state index contributed by atoms with van der Waals surface area (Å²) in [5.41, 5.74) is 0.0702. The molecule has 1 aliphatic rings. The lowest BCUT2D eigenvalue weighted by atomic mass is 10.1. The molecule has 4 rings (SSSR count). The highest BCUT2D eigenvalue weighted by atomic mass is 19.1. The number of halogens is 1. The number of hydrogen-bond donors (Lipinski definition) is 1. The van der Waals surface area contributed by atoms with Crippen molar-refractivity contribution in [1.29, 1.82) is 0 Å². The predicted molar refractivity (Wildman–Crippen MR) is 131 cm³/mol. The first kappa shape index (κ1) is 23.9. The van der Waals surface area contributed by atoms with Gasteiger partial charge in [0, 0.05) is 26.2 Å². The van der Waals surface area contributed by atoms with Gasteiger partial charge in [0.2, 0.25) is 0 Å². The number of likely N-dealkylation sites (N-methyl/N-ethyl adjacent to an activating group) is 1. The predicted octanol–water partition coefficient (Wildman–Crippen LogP) is 3.07. The minimum absolute atomic E-state index is 0.0117. The maximum Gasteiger partial charge on any atom is 0.329 e. The molecule has 1 atom stereocenters. The second kappa shape index (κ2) is 9.93. The summed E-state index contributed by atoms with van der Waals surface area (Å²) >= 11 is 0. The van der Waals surface area contributed by atoms with Gasteiger partial charge in [-0.2, -0.15) is 0 Å². The van der Waals surface area contributed by atoms with Gasteiger partial charge in [-0.25, -0.2) is 9.18 Å². The van der Waals surface area contributed by atoms with Crippen LogP contribution in [0.25, 0.3) is 10.9 Å². The Morgan fingerprint density at radius 1 is 1.21 bits per heavy atom. The smallest absolute Gasteiger partial charge is 0.329 e. The number of likely N-dealkylation sites (tertiary alicyclic amines) is 1. The number of aromatic amines is 1. The number of carbonyl (C=O) groups excluding carboxylic acids is 1. The highest BCUT2D eigenvalue weighted by Crippen LogP contribution is 2.20. The molecule has 0 aliphatic carbocycles. The molecule has 0 spiro atoms. The van der Waals surface area contributed by atoms with Crippen LogP contribution in [0.4, 0.5) is 4.39 Å². The first-order chi connectivity index (χ1) is 16.2. The Hall–Kier alpha value is -3.26. The van der Waals surface area contributed by atoms with Crippen molar-refractivity contribution in [2.45, 2.75) is 39.3 Å². The van der Waals surface area contributed by atoms with E-state index in [1.807, 2.05) is 0 Å². The molecule has 180 valence electrons. The van der Waals surface area contributed by atoms with Gasteiger partial charge >= 0.3 is 5.69 Å². The normalized spacial score (nSPS) is 16.4. The SMILES string of the molecule is CC(C)CCN1CCC(N(C)C(=O)c2cc(Cn3c(=O)[nH]c(=O)c4ccccc43)ccc2F)C1. The fourth-order valence-corrected chi connectivity index (χ4v) is 4.54. The molecule has 1 amide bonds. The molecular formula is C26H31FN4O3. The van der Waals surface area contributed by atoms with Crippen molar-refractivity contribution in [3.05, 3.63) is 80.2 Å². The quantitative estimate of drug-likeness (QED) is 0.581. The van der Waals surface area contributed by atoms with Gasteiger partial charge in [-0.1, -0.05) is 32.0 Å². The molecule has 1 N–H and O–H groups in total. The number of rotatable bonds is 7. The Labute approximate surface area is 197 Å². The Bertz CT molecular complexity index is 1310. The summed E-state index contributed by atoms with van der Waals surface area (Å²) in [6.07, 6.45) is 1.97. The molecule has 8 heteroatoms. The molecule has 0 bridgehead atoms. The van der Waals surface area contributed by atoms with Crippen LogP contribution in [0.2, 0.25) is 0 Å². The number of H-pyrrole nitrogens is 1. The summed E-state index contributed by atoms with van der Waals surface area (Å²) in [6, 6.07) is 11.2. The van der Waals surface area contributed by atoms with E-state index in [9.17, 15) is 18.8 Å². The minimum Gasteiger partial charge on any atom is -0.337 e. The van der Waals surface area contributed by atoms with E-state index in [2.05, 4.69) is 23.7 Å². The summed E-state index contributed by atoms with van der Waals surface area (Å²) < 4.78 is 16.1. The number of fused-ring (bicyclic) bond motifs is 1. The van der Waals surface area contributed by atoms with Gasteiger partial charge in [0.1, 0.15) is 5.82 Å². The highest BCUT2D eigenvalue weighted by molar-refractivity contribution is 5.94. The van der Waals surface area contributed by atoms with Crippen molar-refractivity contribution >= 4 is 16.8 Å². The van der Waals surface area contributed by atoms with Gasteiger partial charge in [-0.3, -0.25) is 19.1 Å². The topological polar surface area (TPSA) is 78.4 Å². The Morgan fingerprint density at radius 3 is 2.74 bits per heavy atom. The van der Waals surface area contributed by atoms with Crippen LogP contribution in [0.1, 0.15) is 42.6 Å². The van der Waals surface area contributed by atoms with E-state index in [0.29, 0.717) is 22.4 Å². The van der Waals surface area contributed by atoms with Crippen LogP contribution in [0.5, 0.6) is 0 Å². The van der Waals surface area contributed by atoms with Gasteiger partial charge in [0.05, 0.1) is 23.0 Å². The van der Waals surface area contributed by atoms with Crippen molar-refractivity contribution < 1.29 is 9.18 Å². The number of nitrogens with one attached hydrogen (secondary N) is 1. The first-order valence-corrected chi connectivity index (χ1v) is 11.7. The zero-order chi connectivity index (χ0) is 24.4. The van der Waals surface area contributed by atoms with Crippen LogP contribution in [0.15, 0.2) is 52.1 Å². The number of amides is 1. The standard InChI is InChI=1S/C26H31FN4O3/c1-17(2)10-12-30-13-11-19(16-30)29(3)25(33)21-14-18(8-9-22(21)27)15-31-23-7-5-4-6-20(23)24(32)28-26(31)34/h4-9,14,17,19H,10-13,15-16H2,1-3H3,(H,28,32,34). The zero-order valence-electron chi connectivity index (χ0n) is 19.9. The van der Waals surface area contributed by atoms with E-state index in [1.165, 1.54) is 16.7 Å². The summed E-state index contributed by atoms with van der Waals surface area (Å²) in [6.45, 7) is 7.22. The number of para-hydroxylation sites is 1. The first-order valence-electron chi connectivity index (χ1n) is 11.7. The minimum atomic E-state index is -0.589. The van der Waals surface area contributed by atoms with Gasteiger partial charge in [-0.05, 0) is 55.1 Å². The average molecular weight is 467 g/mol. The molecule has 1 aromatic heterocycles. The van der Waals surface area contributed by atoms with Gasteiger partial charge in [-0.15, -0.1) is 0 Å². The monoisotopic (exact) mass is 466 g/mol. The Kier molecular flexibility index (Phi) is 6.97. The summed E-state index contributed by atoms with van der Waals surface area (Å²) in [4.78, 5) is 44.1. The van der Waals surface area contributed by atoms with Crippen LogP contribution in [-0.4, -0.2) is 58.0 Å². The number of nitrogens with zero attached hydrogens (tertiary/aromatic N) is 3. The molecule has 1 saturated heterocycles. The molecule has 0 radical (unpaired) electrons. The van der Waals surface area contributed by atoms with Crippen molar-refractivity contribution in [2.24, 2.45) is 5.92 Å². The molecule has 1 fully saturated rings. The van der Waals surface area contributed by atoms with Crippen LogP contribution in [0, 0.1) is 11.7 Å². The lowest BCUT2D eigenvalue weighted by molar-refractivity contribution is 0.0730. The van der Waals surface area contributed by atoms with E-state index in [4.69, 9.17) is 0 Å². The molecule has 2 heterocycles. The second-order valence-corrected chi connectivity index (χ2v) is 9.52. The maximum absolute atomic E-state index is 14.7. The number of aromatic nitrogens is 2. The summed E-state index contributed by atoms with van der Waals surface area (Å²) in [5.74, 6) is -0.329. The Morgan fingerprint density at radius 2 is 1.97 bits per heavy atom. The van der Waals surface area contributed by atoms with Gasteiger partial charge < -0.3 is 9.80 Å². The molecular weight excluding hydrogens is 435 g/mol. The molecule has 34 heavy (non-hydrogen) atoms. The zero-order valence-corrected chi connectivity index (χ0v) is 19.9. The van der Waals surface area contributed by atoms with Crippen molar-refractivity contribution in [2.75, 3.05) is 26.7 Å². The average Bonchev–Trinajstić information content (AvgIpc) is 3.29. The van der Waals surface area contributed by atoms with Gasteiger partial charge in [0.15, 0.2) is 0 Å². The Balaban J connectivity index is 1.55. The van der Waals surface area contributed by atoms with Crippen molar-refractivity contribution in [1.82, 2.24) is 19.4 Å². The highest BCUT2D eigenvalue weighted by Gasteiger charge is 2.30. The third-order valence-electron chi connectivity index (χ3n) is 6.65. The fourth-order valence-electron chi connectivity index (χ4n) is 4.54. The lowest BCUT2D eigenvalue weighted by Gasteiger charge is -2.25. The third kappa shape index (κ3) is 4.97. The largest absolute Gasteiger partial charge is 0.337 e.